The van der Waals surface area contributed by atoms with Gasteiger partial charge in [-0.3, -0.25) is 14.4 Å². The van der Waals surface area contributed by atoms with E-state index in [4.69, 9.17) is 9.47 Å². The lowest BCUT2D eigenvalue weighted by molar-refractivity contribution is -0.159. The molecule has 0 saturated carbocycles. The van der Waals surface area contributed by atoms with Crippen molar-refractivity contribution in [2.75, 3.05) is 26.3 Å². The predicted molar refractivity (Wildman–Crippen MR) is 100 cm³/mol. The fourth-order valence-electron chi connectivity index (χ4n) is 5.28. The molecule has 2 unspecified atom stereocenters. The number of esters is 1. The number of ether oxygens (including phenoxy) is 2. The molecule has 3 heterocycles. The molecule has 28 heavy (non-hydrogen) atoms. The van der Waals surface area contributed by atoms with E-state index >= 15 is 0 Å². The number of fused-ring (bicyclic) bond motifs is 1. The summed E-state index contributed by atoms with van der Waals surface area (Å²) in [6.45, 7) is 6.57. The van der Waals surface area contributed by atoms with Crippen LogP contribution in [0.1, 0.15) is 52.9 Å². The Morgan fingerprint density at radius 2 is 2.07 bits per heavy atom. The Balaban J connectivity index is 1.95. The van der Waals surface area contributed by atoms with Gasteiger partial charge >= 0.3 is 5.97 Å². The number of unbranched alkanes of at least 4 members (excludes halogenated alkanes) is 1. The van der Waals surface area contributed by atoms with E-state index < -0.39 is 35.0 Å². The normalized spacial score (nSPS) is 35.9. The van der Waals surface area contributed by atoms with E-state index in [-0.39, 0.29) is 31.6 Å². The van der Waals surface area contributed by atoms with Crippen LogP contribution in [0.15, 0.2) is 0 Å². The predicted octanol–water partition coefficient (Wildman–Crippen LogP) is 0.613. The summed E-state index contributed by atoms with van der Waals surface area (Å²) in [4.78, 5) is 40.7. The largest absolute Gasteiger partial charge is 0.466 e. The van der Waals surface area contributed by atoms with Gasteiger partial charge in [0, 0.05) is 19.7 Å². The summed E-state index contributed by atoms with van der Waals surface area (Å²) in [6.07, 6.45) is 3.33. The Morgan fingerprint density at radius 1 is 1.32 bits per heavy atom. The highest BCUT2D eigenvalue weighted by Crippen LogP contribution is 2.63. The topological polar surface area (TPSA) is 105 Å². The molecular formula is C20H32N2O6. The highest BCUT2D eigenvalue weighted by molar-refractivity contribution is 5.98. The number of nitrogens with zero attached hydrogens (tertiary/aromatic N) is 1. The molecule has 0 aromatic rings. The third kappa shape index (κ3) is 3.10. The standard InChI is InChI=1S/C20H32N2O6/c1-4-6-10-21-16(24)15-20-9-8-19(3,28-20)14(18(26)27-5-2)13(20)17(25)22(15)11-7-12-23/h13-15,23H,4-12H2,1-3H3,(H,21,24)/t13-,14+,15?,19-,20?/m0/s1. The Kier molecular flexibility index (Phi) is 6.00. The lowest BCUT2D eigenvalue weighted by atomic mass is 9.66. The summed E-state index contributed by atoms with van der Waals surface area (Å²) in [7, 11) is 0. The Bertz CT molecular complexity index is 640. The van der Waals surface area contributed by atoms with Crippen LogP contribution in [-0.4, -0.2) is 71.3 Å². The maximum atomic E-state index is 13.4. The SMILES string of the molecule is CCCCNC(=O)C1N(CCCO)C(=O)[C@@H]2[C@H](C(=O)OCC)[C@]3(C)CCC12O3. The summed E-state index contributed by atoms with van der Waals surface area (Å²) in [5.74, 6) is -2.34. The van der Waals surface area contributed by atoms with Gasteiger partial charge in [0.25, 0.3) is 0 Å². The second-order valence-corrected chi connectivity index (χ2v) is 8.23. The molecule has 0 aromatic carbocycles. The number of aliphatic hydroxyl groups is 1. The molecule has 3 aliphatic rings. The van der Waals surface area contributed by atoms with E-state index in [0.29, 0.717) is 25.8 Å². The monoisotopic (exact) mass is 396 g/mol. The highest BCUT2D eigenvalue weighted by atomic mass is 16.6. The summed E-state index contributed by atoms with van der Waals surface area (Å²) < 4.78 is 11.6. The van der Waals surface area contributed by atoms with Crippen LogP contribution < -0.4 is 5.32 Å². The molecule has 8 nitrogen and oxygen atoms in total. The minimum absolute atomic E-state index is 0.0779. The van der Waals surface area contributed by atoms with E-state index in [0.717, 1.165) is 12.8 Å². The van der Waals surface area contributed by atoms with Gasteiger partial charge in [0.1, 0.15) is 17.6 Å². The van der Waals surface area contributed by atoms with Crippen LogP contribution in [0.2, 0.25) is 0 Å². The number of carbonyl (C=O) groups is 3. The maximum absolute atomic E-state index is 13.4. The molecular weight excluding hydrogens is 364 g/mol. The van der Waals surface area contributed by atoms with Crippen LogP contribution in [0.5, 0.6) is 0 Å². The molecule has 158 valence electrons. The summed E-state index contributed by atoms with van der Waals surface area (Å²) >= 11 is 0. The molecule has 2 amide bonds. The van der Waals surface area contributed by atoms with Crippen LogP contribution in [0.3, 0.4) is 0 Å². The van der Waals surface area contributed by atoms with Crippen LogP contribution in [0.4, 0.5) is 0 Å². The zero-order valence-electron chi connectivity index (χ0n) is 17.0. The first-order valence-electron chi connectivity index (χ1n) is 10.4. The Labute approximate surface area is 165 Å². The Morgan fingerprint density at radius 3 is 2.71 bits per heavy atom. The Hall–Kier alpha value is -1.67. The van der Waals surface area contributed by atoms with Gasteiger partial charge in [-0.1, -0.05) is 13.3 Å². The molecule has 3 saturated heterocycles. The zero-order valence-corrected chi connectivity index (χ0v) is 17.0. The molecule has 0 aliphatic carbocycles. The number of aliphatic hydroxyl groups excluding tert-OH is 1. The quantitative estimate of drug-likeness (QED) is 0.437. The first-order valence-corrected chi connectivity index (χ1v) is 10.4. The second-order valence-electron chi connectivity index (χ2n) is 8.23. The van der Waals surface area contributed by atoms with Crippen molar-refractivity contribution in [3.63, 3.8) is 0 Å². The molecule has 1 spiro atoms. The number of likely N-dealkylation sites (tertiary alicyclic amines) is 1. The van der Waals surface area contributed by atoms with E-state index in [1.54, 1.807) is 6.92 Å². The summed E-state index contributed by atoms with van der Waals surface area (Å²) in [5.41, 5.74) is -1.80. The van der Waals surface area contributed by atoms with Crippen LogP contribution in [0, 0.1) is 11.8 Å². The number of rotatable bonds is 9. The van der Waals surface area contributed by atoms with Gasteiger partial charge in [-0.05, 0) is 39.5 Å². The van der Waals surface area contributed by atoms with Crippen molar-refractivity contribution >= 4 is 17.8 Å². The number of nitrogens with one attached hydrogen (secondary N) is 1. The minimum Gasteiger partial charge on any atom is -0.466 e. The lowest BCUT2D eigenvalue weighted by Crippen LogP contribution is -2.55. The van der Waals surface area contributed by atoms with Crippen LogP contribution in [-0.2, 0) is 23.9 Å². The highest BCUT2D eigenvalue weighted by Gasteiger charge is 2.78. The molecule has 0 radical (unpaired) electrons. The van der Waals surface area contributed by atoms with Crippen molar-refractivity contribution < 1.29 is 29.0 Å². The van der Waals surface area contributed by atoms with E-state index in [9.17, 15) is 19.5 Å². The molecule has 0 aromatic heterocycles. The number of hydrogen-bond donors (Lipinski definition) is 2. The average Bonchev–Trinajstić information content (AvgIpc) is 3.21. The summed E-state index contributed by atoms with van der Waals surface area (Å²) in [6, 6.07) is -0.783. The third-order valence-electron chi connectivity index (χ3n) is 6.45. The minimum atomic E-state index is -1.00. The van der Waals surface area contributed by atoms with Gasteiger partial charge in [0.05, 0.1) is 18.1 Å². The molecule has 5 atom stereocenters. The van der Waals surface area contributed by atoms with Crippen molar-refractivity contribution in [3.05, 3.63) is 0 Å². The van der Waals surface area contributed by atoms with Gasteiger partial charge in [0.2, 0.25) is 11.8 Å². The molecule has 8 heteroatoms. The average molecular weight is 396 g/mol. The van der Waals surface area contributed by atoms with E-state index in [1.165, 1.54) is 4.90 Å². The molecule has 3 fully saturated rings. The maximum Gasteiger partial charge on any atom is 0.312 e. The van der Waals surface area contributed by atoms with Crippen molar-refractivity contribution in [2.45, 2.75) is 70.1 Å². The summed E-state index contributed by atoms with van der Waals surface area (Å²) in [5, 5.41) is 12.2. The number of hydrogen-bond acceptors (Lipinski definition) is 6. The third-order valence-corrected chi connectivity index (χ3v) is 6.45. The van der Waals surface area contributed by atoms with Gasteiger partial charge in [-0.25, -0.2) is 0 Å². The van der Waals surface area contributed by atoms with E-state index in [2.05, 4.69) is 5.32 Å². The van der Waals surface area contributed by atoms with E-state index in [1.807, 2.05) is 13.8 Å². The van der Waals surface area contributed by atoms with Gasteiger partial charge in [-0.2, -0.15) is 0 Å². The van der Waals surface area contributed by atoms with Crippen molar-refractivity contribution in [2.24, 2.45) is 11.8 Å². The molecule has 3 aliphatic heterocycles. The number of amides is 2. The first-order chi connectivity index (χ1) is 13.4. The van der Waals surface area contributed by atoms with Crippen LogP contribution >= 0.6 is 0 Å². The second kappa shape index (κ2) is 7.99. The van der Waals surface area contributed by atoms with Gasteiger partial charge in [0.15, 0.2) is 0 Å². The van der Waals surface area contributed by atoms with Crippen molar-refractivity contribution in [3.8, 4) is 0 Å². The molecule has 3 rings (SSSR count). The molecule has 2 bridgehead atoms. The van der Waals surface area contributed by atoms with Crippen LogP contribution in [0.25, 0.3) is 0 Å². The lowest BCUT2D eigenvalue weighted by Gasteiger charge is -2.33. The number of carbonyl (C=O) groups excluding carboxylic acids is 3. The smallest absolute Gasteiger partial charge is 0.312 e. The van der Waals surface area contributed by atoms with Gasteiger partial charge in [-0.15, -0.1) is 0 Å². The zero-order chi connectivity index (χ0) is 20.5. The van der Waals surface area contributed by atoms with Crippen molar-refractivity contribution in [1.82, 2.24) is 10.2 Å². The first kappa shape index (κ1) is 21.0. The fraction of sp³-hybridized carbons (Fsp3) is 0.850. The fourth-order valence-corrected chi connectivity index (χ4v) is 5.28. The van der Waals surface area contributed by atoms with Gasteiger partial charge < -0.3 is 24.8 Å². The molecule has 2 N–H and O–H groups in total. The van der Waals surface area contributed by atoms with Crippen molar-refractivity contribution in [1.29, 1.82) is 0 Å².